The Hall–Kier alpha value is -3.73. The summed E-state index contributed by atoms with van der Waals surface area (Å²) in [5, 5.41) is 0. The molecule has 3 aromatic carbocycles. The average Bonchev–Trinajstić information content (AvgIpc) is 3.03. The van der Waals surface area contributed by atoms with Gasteiger partial charge in [-0.1, -0.05) is 48.5 Å². The molecule has 2 aliphatic heterocycles. The predicted molar refractivity (Wildman–Crippen MR) is 118 cm³/mol. The third kappa shape index (κ3) is 3.22. The van der Waals surface area contributed by atoms with E-state index in [0.717, 1.165) is 29.7 Å². The van der Waals surface area contributed by atoms with Crippen molar-refractivity contribution in [3.63, 3.8) is 0 Å². The summed E-state index contributed by atoms with van der Waals surface area (Å²) < 4.78 is 0. The van der Waals surface area contributed by atoms with Crippen molar-refractivity contribution >= 4 is 23.4 Å². The number of imide groups is 1. The molecule has 5 rings (SSSR count). The van der Waals surface area contributed by atoms with Crippen LogP contribution in [-0.2, 0) is 13.0 Å². The Labute approximate surface area is 180 Å². The summed E-state index contributed by atoms with van der Waals surface area (Å²) >= 11 is 0. The highest BCUT2D eigenvalue weighted by atomic mass is 16.2. The monoisotopic (exact) mass is 410 g/mol. The molecule has 2 aliphatic rings. The minimum Gasteiger partial charge on any atom is -0.305 e. The number of carbonyl (C=O) groups excluding carboxylic acids is 3. The number of fused-ring (bicyclic) bond motifs is 2. The van der Waals surface area contributed by atoms with Gasteiger partial charge in [-0.2, -0.15) is 0 Å². The van der Waals surface area contributed by atoms with E-state index in [1.165, 1.54) is 4.90 Å². The largest absolute Gasteiger partial charge is 0.305 e. The summed E-state index contributed by atoms with van der Waals surface area (Å²) in [6.45, 7) is 2.25. The second-order valence-corrected chi connectivity index (χ2v) is 8.13. The van der Waals surface area contributed by atoms with Crippen LogP contribution in [0.4, 0.5) is 5.69 Å². The van der Waals surface area contributed by atoms with Crippen molar-refractivity contribution in [2.75, 3.05) is 4.90 Å². The number of rotatable bonds is 3. The van der Waals surface area contributed by atoms with Gasteiger partial charge in [0.1, 0.15) is 0 Å². The van der Waals surface area contributed by atoms with E-state index in [-0.39, 0.29) is 30.3 Å². The molecule has 3 aromatic rings. The number of amides is 3. The van der Waals surface area contributed by atoms with Gasteiger partial charge >= 0.3 is 0 Å². The lowest BCUT2D eigenvalue weighted by Gasteiger charge is -2.35. The third-order valence-electron chi connectivity index (χ3n) is 6.14. The number of hydrogen-bond donors (Lipinski definition) is 0. The second-order valence-electron chi connectivity index (χ2n) is 8.13. The molecular formula is C26H22N2O3. The van der Waals surface area contributed by atoms with Crippen molar-refractivity contribution < 1.29 is 14.4 Å². The van der Waals surface area contributed by atoms with E-state index in [0.29, 0.717) is 16.7 Å². The molecule has 0 radical (unpaired) electrons. The lowest BCUT2D eigenvalue weighted by atomic mass is 9.95. The van der Waals surface area contributed by atoms with E-state index in [4.69, 9.17) is 0 Å². The van der Waals surface area contributed by atoms with Crippen molar-refractivity contribution in [2.45, 2.75) is 32.4 Å². The molecule has 0 saturated carbocycles. The van der Waals surface area contributed by atoms with Crippen LogP contribution in [0.5, 0.6) is 0 Å². The fraction of sp³-hybridized carbons (Fsp3) is 0.192. The number of hydrogen-bond acceptors (Lipinski definition) is 3. The highest BCUT2D eigenvalue weighted by Gasteiger charge is 2.37. The fourth-order valence-electron chi connectivity index (χ4n) is 4.47. The summed E-state index contributed by atoms with van der Waals surface area (Å²) in [4.78, 5) is 42.3. The Balaban J connectivity index is 1.46. The first-order chi connectivity index (χ1) is 15.0. The second kappa shape index (κ2) is 7.51. The van der Waals surface area contributed by atoms with E-state index in [9.17, 15) is 14.4 Å². The number of para-hydroxylation sites is 1. The third-order valence-corrected chi connectivity index (χ3v) is 6.14. The highest BCUT2D eigenvalue weighted by Crippen LogP contribution is 2.33. The standard InChI is InChI=1S/C26H22N2O3/c1-17-11-12-19-9-5-6-10-23(19)28(17)24(29)20-13-14-21-22(15-20)26(31)27(25(21)30)16-18-7-3-2-4-8-18/h2-10,13-15,17H,11-12,16H2,1H3. The first kappa shape index (κ1) is 19.2. The van der Waals surface area contributed by atoms with Crippen molar-refractivity contribution in [1.82, 2.24) is 4.90 Å². The maximum absolute atomic E-state index is 13.4. The van der Waals surface area contributed by atoms with Crippen LogP contribution in [0.3, 0.4) is 0 Å². The molecule has 5 heteroatoms. The lowest BCUT2D eigenvalue weighted by molar-refractivity contribution is 0.0642. The Morgan fingerprint density at radius 1 is 0.903 bits per heavy atom. The van der Waals surface area contributed by atoms with Gasteiger partial charge in [-0.25, -0.2) is 0 Å². The van der Waals surface area contributed by atoms with Crippen LogP contribution in [-0.4, -0.2) is 28.7 Å². The van der Waals surface area contributed by atoms with E-state index < -0.39 is 0 Å². The van der Waals surface area contributed by atoms with Crippen LogP contribution in [0.15, 0.2) is 72.8 Å². The number of carbonyl (C=O) groups is 3. The first-order valence-electron chi connectivity index (χ1n) is 10.5. The van der Waals surface area contributed by atoms with Crippen molar-refractivity contribution in [2.24, 2.45) is 0 Å². The zero-order valence-electron chi connectivity index (χ0n) is 17.2. The molecule has 0 N–H and O–H groups in total. The molecule has 1 unspecified atom stereocenters. The van der Waals surface area contributed by atoms with Gasteiger partial charge in [0.2, 0.25) is 0 Å². The fourth-order valence-corrected chi connectivity index (χ4v) is 4.47. The maximum Gasteiger partial charge on any atom is 0.261 e. The summed E-state index contributed by atoms with van der Waals surface area (Å²) in [5.74, 6) is -0.825. The molecule has 31 heavy (non-hydrogen) atoms. The first-order valence-corrected chi connectivity index (χ1v) is 10.5. The molecule has 0 fully saturated rings. The molecule has 5 nitrogen and oxygen atoms in total. The smallest absolute Gasteiger partial charge is 0.261 e. The van der Waals surface area contributed by atoms with Gasteiger partial charge in [-0.15, -0.1) is 0 Å². The van der Waals surface area contributed by atoms with Crippen LogP contribution in [0.2, 0.25) is 0 Å². The predicted octanol–water partition coefficient (Wildman–Crippen LogP) is 4.46. The molecule has 0 spiro atoms. The quantitative estimate of drug-likeness (QED) is 0.599. The zero-order valence-corrected chi connectivity index (χ0v) is 17.2. The molecule has 2 heterocycles. The van der Waals surface area contributed by atoms with Crippen molar-refractivity contribution in [1.29, 1.82) is 0 Å². The van der Waals surface area contributed by atoms with Crippen LogP contribution < -0.4 is 4.90 Å². The van der Waals surface area contributed by atoms with Crippen molar-refractivity contribution in [3.8, 4) is 0 Å². The van der Waals surface area contributed by atoms with E-state index >= 15 is 0 Å². The van der Waals surface area contributed by atoms with Crippen molar-refractivity contribution in [3.05, 3.63) is 101 Å². The van der Waals surface area contributed by atoms with Crippen LogP contribution in [0, 0.1) is 0 Å². The van der Waals surface area contributed by atoms with Crippen LogP contribution >= 0.6 is 0 Å². The molecule has 0 saturated heterocycles. The van der Waals surface area contributed by atoms with E-state index in [1.54, 1.807) is 18.2 Å². The zero-order chi connectivity index (χ0) is 21.5. The van der Waals surface area contributed by atoms with Crippen LogP contribution in [0.25, 0.3) is 0 Å². The minimum atomic E-state index is -0.356. The lowest BCUT2D eigenvalue weighted by Crippen LogP contribution is -2.42. The Morgan fingerprint density at radius 2 is 1.61 bits per heavy atom. The average molecular weight is 410 g/mol. The van der Waals surface area contributed by atoms with Gasteiger partial charge in [0.05, 0.1) is 17.7 Å². The number of nitrogens with zero attached hydrogens (tertiary/aromatic N) is 2. The Bertz CT molecular complexity index is 1200. The van der Waals surface area contributed by atoms with Gasteiger partial charge in [0.25, 0.3) is 17.7 Å². The van der Waals surface area contributed by atoms with Gasteiger partial charge < -0.3 is 4.90 Å². The number of benzene rings is 3. The van der Waals surface area contributed by atoms with Gasteiger partial charge in [0.15, 0.2) is 0 Å². The molecule has 0 bridgehead atoms. The molecule has 0 aromatic heterocycles. The molecule has 3 amide bonds. The van der Waals surface area contributed by atoms with E-state index in [1.807, 2.05) is 66.4 Å². The minimum absolute atomic E-state index is 0.0579. The number of aryl methyl sites for hydroxylation is 1. The molecule has 154 valence electrons. The van der Waals surface area contributed by atoms with Gasteiger partial charge in [-0.3, -0.25) is 19.3 Å². The topological polar surface area (TPSA) is 57.7 Å². The molecular weight excluding hydrogens is 388 g/mol. The highest BCUT2D eigenvalue weighted by molar-refractivity contribution is 6.22. The van der Waals surface area contributed by atoms with E-state index in [2.05, 4.69) is 0 Å². The SMILES string of the molecule is CC1CCc2ccccc2N1C(=O)c1ccc2c(c1)C(=O)N(Cc1ccccc1)C2=O. The van der Waals surface area contributed by atoms with Crippen LogP contribution in [0.1, 0.15) is 55.5 Å². The molecule has 1 atom stereocenters. The molecule has 0 aliphatic carbocycles. The summed E-state index contributed by atoms with van der Waals surface area (Å²) in [5.41, 5.74) is 4.02. The Morgan fingerprint density at radius 3 is 2.42 bits per heavy atom. The normalized spacial score (nSPS) is 17.5. The van der Waals surface area contributed by atoms with Gasteiger partial charge in [0, 0.05) is 17.3 Å². The maximum atomic E-state index is 13.4. The summed E-state index contributed by atoms with van der Waals surface area (Å²) in [7, 11) is 0. The number of anilines is 1. The Kier molecular flexibility index (Phi) is 4.66. The van der Waals surface area contributed by atoms with Gasteiger partial charge in [-0.05, 0) is 55.2 Å². The summed E-state index contributed by atoms with van der Waals surface area (Å²) in [6.07, 6.45) is 1.82. The summed E-state index contributed by atoms with van der Waals surface area (Å²) in [6, 6.07) is 22.2.